The van der Waals surface area contributed by atoms with Gasteiger partial charge in [-0.15, -0.1) is 0 Å². The first-order valence-electron chi connectivity index (χ1n) is 5.07. The van der Waals surface area contributed by atoms with Crippen molar-refractivity contribution in [1.29, 1.82) is 10.5 Å². The van der Waals surface area contributed by atoms with Crippen LogP contribution in [0, 0.1) is 39.7 Å². The maximum Gasteiger partial charge on any atom is 0.312 e. The Morgan fingerprint density at radius 3 is 2.68 bits per heavy atom. The van der Waals surface area contributed by atoms with Gasteiger partial charge in [0.1, 0.15) is 18.5 Å². The zero-order valence-electron chi connectivity index (χ0n) is 9.73. The number of aryl methyl sites for hydroxylation is 1. The molecule has 2 heterocycles. The second-order valence-electron chi connectivity index (χ2n) is 3.65. The molecule has 19 heavy (non-hydrogen) atoms. The Balaban J connectivity index is 2.74. The molecular weight excluding hydrogens is 248 g/mol. The summed E-state index contributed by atoms with van der Waals surface area (Å²) in [6.45, 7) is 1.67. The molecule has 2 rings (SSSR count). The molecule has 0 saturated heterocycles. The van der Waals surface area contributed by atoms with E-state index < -0.39 is 4.92 Å². The third kappa shape index (κ3) is 1.98. The summed E-state index contributed by atoms with van der Waals surface area (Å²) in [5.41, 5.74) is 0.189. The van der Waals surface area contributed by atoms with E-state index in [0.717, 1.165) is 4.57 Å². The molecule has 92 valence electrons. The first kappa shape index (κ1) is 12.2. The van der Waals surface area contributed by atoms with E-state index in [-0.39, 0.29) is 22.9 Å². The van der Waals surface area contributed by atoms with E-state index in [0.29, 0.717) is 5.56 Å². The van der Waals surface area contributed by atoms with E-state index in [1.54, 1.807) is 19.1 Å². The van der Waals surface area contributed by atoms with Gasteiger partial charge in [0, 0.05) is 12.3 Å². The minimum absolute atomic E-state index is 0.0406. The third-order valence-electron chi connectivity index (χ3n) is 2.39. The standard InChI is InChI=1S/C11H6N6O2/c1-7-2-9(17(18)19)11(14-5-7)16-6-15-8(3-12)10(16)4-13/h2,5-6H,1H3. The molecule has 0 radical (unpaired) electrons. The summed E-state index contributed by atoms with van der Waals surface area (Å²) in [4.78, 5) is 18.1. The fourth-order valence-corrected chi connectivity index (χ4v) is 1.56. The summed E-state index contributed by atoms with van der Waals surface area (Å²) >= 11 is 0. The zero-order valence-corrected chi connectivity index (χ0v) is 9.73. The molecule has 0 aliphatic heterocycles. The number of nitrogens with zero attached hydrogens (tertiary/aromatic N) is 6. The van der Waals surface area contributed by atoms with Gasteiger partial charge in [0.05, 0.1) is 4.92 Å². The molecule has 0 fully saturated rings. The number of imidazole rings is 1. The van der Waals surface area contributed by atoms with Gasteiger partial charge in [-0.25, -0.2) is 9.97 Å². The molecule has 0 aliphatic carbocycles. The Morgan fingerprint density at radius 1 is 1.37 bits per heavy atom. The molecule has 0 unspecified atom stereocenters. The van der Waals surface area contributed by atoms with Crippen molar-refractivity contribution in [3.8, 4) is 18.0 Å². The lowest BCUT2D eigenvalue weighted by Gasteiger charge is -2.04. The van der Waals surface area contributed by atoms with Crippen molar-refractivity contribution < 1.29 is 4.92 Å². The molecule has 0 bridgehead atoms. The van der Waals surface area contributed by atoms with Crippen molar-refractivity contribution in [3.05, 3.63) is 45.7 Å². The van der Waals surface area contributed by atoms with Crippen LogP contribution in [0.25, 0.3) is 5.82 Å². The Kier molecular flexibility index (Phi) is 2.92. The average Bonchev–Trinajstić information content (AvgIpc) is 2.81. The highest BCUT2D eigenvalue weighted by Gasteiger charge is 2.21. The number of nitro groups is 1. The van der Waals surface area contributed by atoms with Crippen LogP contribution in [-0.2, 0) is 0 Å². The van der Waals surface area contributed by atoms with E-state index in [4.69, 9.17) is 10.5 Å². The van der Waals surface area contributed by atoms with Crippen LogP contribution in [0.4, 0.5) is 5.69 Å². The average molecular weight is 254 g/mol. The number of rotatable bonds is 2. The fourth-order valence-electron chi connectivity index (χ4n) is 1.56. The van der Waals surface area contributed by atoms with Crippen molar-refractivity contribution in [2.24, 2.45) is 0 Å². The van der Waals surface area contributed by atoms with Gasteiger partial charge in [0.15, 0.2) is 11.4 Å². The van der Waals surface area contributed by atoms with Crippen molar-refractivity contribution in [2.45, 2.75) is 6.92 Å². The maximum absolute atomic E-state index is 11.0. The SMILES string of the molecule is Cc1cnc(-n2cnc(C#N)c2C#N)c([N+](=O)[O-])c1. The predicted molar refractivity (Wildman–Crippen MR) is 62.2 cm³/mol. The van der Waals surface area contributed by atoms with Gasteiger partial charge < -0.3 is 0 Å². The van der Waals surface area contributed by atoms with Crippen molar-refractivity contribution >= 4 is 5.69 Å². The van der Waals surface area contributed by atoms with Gasteiger partial charge in [-0.2, -0.15) is 10.5 Å². The molecule has 0 aromatic carbocycles. The maximum atomic E-state index is 11.0. The van der Waals surface area contributed by atoms with Crippen LogP contribution < -0.4 is 0 Å². The highest BCUT2D eigenvalue weighted by atomic mass is 16.6. The quantitative estimate of drug-likeness (QED) is 0.586. The summed E-state index contributed by atoms with van der Waals surface area (Å²) < 4.78 is 1.14. The zero-order chi connectivity index (χ0) is 14.0. The number of hydrogen-bond acceptors (Lipinski definition) is 6. The molecule has 0 aliphatic rings. The number of hydrogen-bond donors (Lipinski definition) is 0. The van der Waals surface area contributed by atoms with Gasteiger partial charge in [0.2, 0.25) is 5.82 Å². The van der Waals surface area contributed by atoms with Crippen molar-refractivity contribution in [3.63, 3.8) is 0 Å². The van der Waals surface area contributed by atoms with E-state index in [1.807, 2.05) is 0 Å². The Hall–Kier alpha value is -3.26. The lowest BCUT2D eigenvalue weighted by molar-refractivity contribution is -0.384. The number of nitriles is 2. The van der Waals surface area contributed by atoms with Gasteiger partial charge in [-0.1, -0.05) is 0 Å². The molecule has 0 saturated carbocycles. The van der Waals surface area contributed by atoms with Gasteiger partial charge >= 0.3 is 5.69 Å². The first-order chi connectivity index (χ1) is 9.08. The van der Waals surface area contributed by atoms with E-state index in [9.17, 15) is 10.1 Å². The second kappa shape index (κ2) is 4.55. The summed E-state index contributed by atoms with van der Waals surface area (Å²) in [5.74, 6) is -0.0406. The molecule has 2 aromatic rings. The first-order valence-corrected chi connectivity index (χ1v) is 5.07. The van der Waals surface area contributed by atoms with Crippen LogP contribution in [0.2, 0.25) is 0 Å². The summed E-state index contributed by atoms with van der Waals surface area (Å²) in [6.07, 6.45) is 2.61. The molecule has 0 atom stereocenters. The molecule has 0 N–H and O–H groups in total. The van der Waals surface area contributed by atoms with Crippen LogP contribution in [0.5, 0.6) is 0 Å². The van der Waals surface area contributed by atoms with Crippen molar-refractivity contribution in [2.75, 3.05) is 0 Å². The minimum atomic E-state index is -0.595. The smallest absolute Gasteiger partial charge is 0.267 e. The number of pyridine rings is 1. The Labute approximate surface area is 107 Å². The predicted octanol–water partition coefficient (Wildman–Crippen LogP) is 1.23. The number of aromatic nitrogens is 3. The molecule has 2 aromatic heterocycles. The summed E-state index contributed by atoms with van der Waals surface area (Å²) in [6, 6.07) is 4.88. The third-order valence-corrected chi connectivity index (χ3v) is 2.39. The van der Waals surface area contributed by atoms with Gasteiger partial charge in [-0.3, -0.25) is 14.7 Å². The molecule has 8 nitrogen and oxygen atoms in total. The monoisotopic (exact) mass is 254 g/mol. The normalized spacial score (nSPS) is 9.63. The van der Waals surface area contributed by atoms with Crippen molar-refractivity contribution in [1.82, 2.24) is 14.5 Å². The van der Waals surface area contributed by atoms with Crippen LogP contribution in [0.3, 0.4) is 0 Å². The van der Waals surface area contributed by atoms with Crippen LogP contribution in [0.1, 0.15) is 17.0 Å². The lowest BCUT2D eigenvalue weighted by atomic mass is 10.2. The van der Waals surface area contributed by atoms with E-state index >= 15 is 0 Å². The Bertz CT molecular complexity index is 750. The molecular formula is C11H6N6O2. The van der Waals surface area contributed by atoms with Crippen LogP contribution in [-0.4, -0.2) is 19.5 Å². The van der Waals surface area contributed by atoms with E-state index in [1.165, 1.54) is 18.6 Å². The Morgan fingerprint density at radius 2 is 2.11 bits per heavy atom. The molecule has 8 heteroatoms. The highest BCUT2D eigenvalue weighted by molar-refractivity contribution is 5.52. The van der Waals surface area contributed by atoms with Crippen LogP contribution in [0.15, 0.2) is 18.6 Å². The van der Waals surface area contributed by atoms with Crippen LogP contribution >= 0.6 is 0 Å². The second-order valence-corrected chi connectivity index (χ2v) is 3.65. The molecule has 0 spiro atoms. The summed E-state index contributed by atoms with van der Waals surface area (Å²) in [7, 11) is 0. The minimum Gasteiger partial charge on any atom is -0.267 e. The lowest BCUT2D eigenvalue weighted by Crippen LogP contribution is -2.04. The van der Waals surface area contributed by atoms with Gasteiger partial charge in [-0.05, 0) is 12.5 Å². The fraction of sp³-hybridized carbons (Fsp3) is 0.0909. The summed E-state index contributed by atoms with van der Waals surface area (Å²) in [5, 5.41) is 28.8. The van der Waals surface area contributed by atoms with E-state index in [2.05, 4.69) is 9.97 Å². The largest absolute Gasteiger partial charge is 0.312 e. The topological polar surface area (TPSA) is 121 Å². The van der Waals surface area contributed by atoms with Gasteiger partial charge in [0.25, 0.3) is 0 Å². The molecule has 0 amide bonds. The highest BCUT2D eigenvalue weighted by Crippen LogP contribution is 2.23.